The fourth-order valence-corrected chi connectivity index (χ4v) is 4.83. The SMILES string of the molecule is CC1CCN(S(=O)(=O)c2ccc(Cl)c(C(=O)Nc3ccc(C(N)=O)cc3)c2)CC1. The van der Waals surface area contributed by atoms with Crippen molar-refractivity contribution in [2.24, 2.45) is 11.7 Å². The van der Waals surface area contributed by atoms with Gasteiger partial charge < -0.3 is 11.1 Å². The number of nitrogens with zero attached hydrogens (tertiary/aromatic N) is 1. The summed E-state index contributed by atoms with van der Waals surface area (Å²) in [5.74, 6) is -0.629. The molecule has 1 aliphatic heterocycles. The average molecular weight is 436 g/mol. The molecule has 2 aromatic carbocycles. The van der Waals surface area contributed by atoms with Crippen LogP contribution in [0.15, 0.2) is 47.4 Å². The highest BCUT2D eigenvalue weighted by Crippen LogP contribution is 2.27. The van der Waals surface area contributed by atoms with Crippen molar-refractivity contribution >= 4 is 39.1 Å². The molecule has 7 nitrogen and oxygen atoms in total. The quantitative estimate of drug-likeness (QED) is 0.751. The van der Waals surface area contributed by atoms with Crippen molar-refractivity contribution < 1.29 is 18.0 Å². The Morgan fingerprint density at radius 2 is 1.72 bits per heavy atom. The molecule has 9 heteroatoms. The van der Waals surface area contributed by atoms with Crippen molar-refractivity contribution in [1.29, 1.82) is 0 Å². The molecule has 1 heterocycles. The van der Waals surface area contributed by atoms with E-state index in [1.54, 1.807) is 0 Å². The van der Waals surface area contributed by atoms with Crippen LogP contribution in [-0.2, 0) is 10.0 Å². The van der Waals surface area contributed by atoms with Gasteiger partial charge in [-0.1, -0.05) is 18.5 Å². The number of rotatable bonds is 5. The lowest BCUT2D eigenvalue weighted by Crippen LogP contribution is -2.37. The number of hydrogen-bond donors (Lipinski definition) is 2. The topological polar surface area (TPSA) is 110 Å². The zero-order chi connectivity index (χ0) is 21.2. The molecule has 0 aromatic heterocycles. The summed E-state index contributed by atoms with van der Waals surface area (Å²) in [5.41, 5.74) is 5.99. The summed E-state index contributed by atoms with van der Waals surface area (Å²) >= 11 is 6.15. The number of sulfonamides is 1. The molecule has 29 heavy (non-hydrogen) atoms. The average Bonchev–Trinajstić information content (AvgIpc) is 2.68. The third kappa shape index (κ3) is 4.77. The van der Waals surface area contributed by atoms with Crippen LogP contribution in [0.4, 0.5) is 5.69 Å². The predicted octanol–water partition coefficient (Wildman–Crippen LogP) is 3.11. The summed E-state index contributed by atoms with van der Waals surface area (Å²) in [5, 5.41) is 2.79. The number of halogens is 1. The summed E-state index contributed by atoms with van der Waals surface area (Å²) in [6.45, 7) is 3.02. The van der Waals surface area contributed by atoms with Gasteiger partial charge in [0, 0.05) is 24.3 Å². The summed E-state index contributed by atoms with van der Waals surface area (Å²) < 4.78 is 27.3. The van der Waals surface area contributed by atoms with Crippen LogP contribution in [0.3, 0.4) is 0 Å². The van der Waals surface area contributed by atoms with Gasteiger partial charge >= 0.3 is 0 Å². The molecule has 3 N–H and O–H groups in total. The lowest BCUT2D eigenvalue weighted by Gasteiger charge is -2.29. The smallest absolute Gasteiger partial charge is 0.257 e. The van der Waals surface area contributed by atoms with Crippen LogP contribution < -0.4 is 11.1 Å². The Morgan fingerprint density at radius 1 is 1.10 bits per heavy atom. The first-order valence-corrected chi connectivity index (χ1v) is 11.0. The normalized spacial score (nSPS) is 15.8. The van der Waals surface area contributed by atoms with Crippen LogP contribution >= 0.6 is 11.6 Å². The minimum Gasteiger partial charge on any atom is -0.366 e. The van der Waals surface area contributed by atoms with E-state index in [4.69, 9.17) is 17.3 Å². The molecule has 0 aliphatic carbocycles. The number of nitrogens with one attached hydrogen (secondary N) is 1. The minimum absolute atomic E-state index is 0.0330. The predicted molar refractivity (Wildman–Crippen MR) is 112 cm³/mol. The number of nitrogens with two attached hydrogens (primary N) is 1. The molecule has 154 valence electrons. The zero-order valence-corrected chi connectivity index (χ0v) is 17.5. The standard InChI is InChI=1S/C20H22ClN3O4S/c1-13-8-10-24(11-9-13)29(27,28)16-6-7-18(21)17(12-16)20(26)23-15-4-2-14(3-5-15)19(22)25/h2-7,12-13H,8-11H2,1H3,(H2,22,25)(H,23,26). The number of hydrogen-bond acceptors (Lipinski definition) is 4. The number of amides is 2. The number of anilines is 1. The number of piperidine rings is 1. The number of carbonyl (C=O) groups is 2. The third-order valence-electron chi connectivity index (χ3n) is 4.99. The van der Waals surface area contributed by atoms with Gasteiger partial charge in [-0.2, -0.15) is 4.31 Å². The summed E-state index contributed by atoms with van der Waals surface area (Å²) in [7, 11) is -3.70. The van der Waals surface area contributed by atoms with Gasteiger partial charge in [0.05, 0.1) is 15.5 Å². The van der Waals surface area contributed by atoms with E-state index in [-0.39, 0.29) is 15.5 Å². The second kappa shape index (κ2) is 8.52. The van der Waals surface area contributed by atoms with Crippen LogP contribution in [0.2, 0.25) is 5.02 Å². The van der Waals surface area contributed by atoms with E-state index in [9.17, 15) is 18.0 Å². The Hall–Kier alpha value is -2.42. The van der Waals surface area contributed by atoms with Gasteiger partial charge in [-0.3, -0.25) is 9.59 Å². The molecule has 0 unspecified atom stereocenters. The Morgan fingerprint density at radius 3 is 2.31 bits per heavy atom. The van der Waals surface area contributed by atoms with Crippen LogP contribution in [-0.4, -0.2) is 37.6 Å². The van der Waals surface area contributed by atoms with Gasteiger partial charge in [-0.05, 0) is 61.2 Å². The monoisotopic (exact) mass is 435 g/mol. The van der Waals surface area contributed by atoms with E-state index in [2.05, 4.69) is 12.2 Å². The highest BCUT2D eigenvalue weighted by atomic mass is 35.5. The van der Waals surface area contributed by atoms with E-state index in [1.165, 1.54) is 46.8 Å². The Balaban J connectivity index is 1.82. The summed E-state index contributed by atoms with van der Waals surface area (Å²) in [4.78, 5) is 23.8. The van der Waals surface area contributed by atoms with E-state index >= 15 is 0 Å². The lowest BCUT2D eigenvalue weighted by atomic mass is 10.0. The number of primary amides is 1. The largest absolute Gasteiger partial charge is 0.366 e. The molecule has 2 aromatic rings. The van der Waals surface area contributed by atoms with Gasteiger partial charge in [0.25, 0.3) is 5.91 Å². The van der Waals surface area contributed by atoms with Gasteiger partial charge in [-0.25, -0.2) is 8.42 Å². The molecular weight excluding hydrogens is 414 g/mol. The molecule has 0 saturated carbocycles. The number of benzene rings is 2. The van der Waals surface area contributed by atoms with Crippen molar-refractivity contribution in [3.63, 3.8) is 0 Å². The van der Waals surface area contributed by atoms with Crippen LogP contribution in [0.1, 0.15) is 40.5 Å². The Labute approximate surface area is 174 Å². The van der Waals surface area contributed by atoms with E-state index < -0.39 is 21.8 Å². The van der Waals surface area contributed by atoms with E-state index in [1.807, 2.05) is 0 Å². The maximum absolute atomic E-state index is 12.9. The molecule has 0 radical (unpaired) electrons. The van der Waals surface area contributed by atoms with Crippen LogP contribution in [0.5, 0.6) is 0 Å². The fourth-order valence-electron chi connectivity index (χ4n) is 3.13. The van der Waals surface area contributed by atoms with Gasteiger partial charge in [0.15, 0.2) is 0 Å². The molecule has 2 amide bonds. The van der Waals surface area contributed by atoms with Gasteiger partial charge in [0.1, 0.15) is 0 Å². The van der Waals surface area contributed by atoms with Gasteiger partial charge in [-0.15, -0.1) is 0 Å². The minimum atomic E-state index is -3.70. The molecular formula is C20H22ClN3O4S. The van der Waals surface area contributed by atoms with Crippen molar-refractivity contribution in [1.82, 2.24) is 4.31 Å². The molecule has 3 rings (SSSR count). The lowest BCUT2D eigenvalue weighted by molar-refractivity contribution is 0.0998. The van der Waals surface area contributed by atoms with Crippen LogP contribution in [0, 0.1) is 5.92 Å². The van der Waals surface area contributed by atoms with E-state index in [0.29, 0.717) is 30.3 Å². The fraction of sp³-hybridized carbons (Fsp3) is 0.300. The van der Waals surface area contributed by atoms with Gasteiger partial charge in [0.2, 0.25) is 15.9 Å². The van der Waals surface area contributed by atoms with Crippen molar-refractivity contribution in [2.75, 3.05) is 18.4 Å². The van der Waals surface area contributed by atoms with E-state index in [0.717, 1.165) is 12.8 Å². The molecule has 0 bridgehead atoms. The van der Waals surface area contributed by atoms with Crippen molar-refractivity contribution in [3.05, 3.63) is 58.6 Å². The Kier molecular flexibility index (Phi) is 6.26. The second-order valence-corrected chi connectivity index (χ2v) is 9.47. The maximum Gasteiger partial charge on any atom is 0.257 e. The molecule has 1 fully saturated rings. The molecule has 1 saturated heterocycles. The first-order chi connectivity index (χ1) is 13.7. The third-order valence-corrected chi connectivity index (χ3v) is 7.21. The first kappa shape index (κ1) is 21.3. The maximum atomic E-state index is 12.9. The Bertz CT molecular complexity index is 1030. The van der Waals surface area contributed by atoms with Crippen LogP contribution in [0.25, 0.3) is 0 Å². The highest BCUT2D eigenvalue weighted by molar-refractivity contribution is 7.89. The summed E-state index contributed by atoms with van der Waals surface area (Å²) in [6.07, 6.45) is 1.61. The first-order valence-electron chi connectivity index (χ1n) is 9.19. The van der Waals surface area contributed by atoms with Crippen molar-refractivity contribution in [2.45, 2.75) is 24.7 Å². The summed E-state index contributed by atoms with van der Waals surface area (Å²) in [6, 6.07) is 10.1. The van der Waals surface area contributed by atoms with Crippen molar-refractivity contribution in [3.8, 4) is 0 Å². The number of carbonyl (C=O) groups excluding carboxylic acids is 2. The molecule has 0 spiro atoms. The zero-order valence-electron chi connectivity index (χ0n) is 15.9. The molecule has 1 aliphatic rings. The molecule has 0 atom stereocenters. The second-order valence-electron chi connectivity index (χ2n) is 7.12. The highest BCUT2D eigenvalue weighted by Gasteiger charge is 2.29.